The number of ether oxygens (including phenoxy) is 2. The maximum Gasteiger partial charge on any atom is 0.179 e. The first-order valence-electron chi connectivity index (χ1n) is 6.96. The number of methoxy groups -OCH3 is 2. The van der Waals surface area contributed by atoms with Gasteiger partial charge in [0.15, 0.2) is 11.5 Å². The zero-order valence-electron chi connectivity index (χ0n) is 12.6. The van der Waals surface area contributed by atoms with Crippen LogP contribution in [0.1, 0.15) is 17.2 Å². The maximum absolute atomic E-state index is 10.4. The average molecular weight is 322 g/mol. The van der Waals surface area contributed by atoms with Gasteiger partial charge in [-0.25, -0.2) is 0 Å². The van der Waals surface area contributed by atoms with Crippen molar-refractivity contribution in [3.05, 3.63) is 58.6 Å². The standard InChI is InChI=1S/C17H20ClNO3/c1-21-14-9-8-12(15(18)17(14)22-2)16(19)13(20)10-11-6-4-3-5-7-11/h3-9,13,16,20H,10,19H2,1-2H3/t13-,16+/m0/s1. The van der Waals surface area contributed by atoms with E-state index < -0.39 is 12.1 Å². The molecule has 0 saturated heterocycles. The van der Waals surface area contributed by atoms with Crippen molar-refractivity contribution in [2.45, 2.75) is 18.6 Å². The number of hydrogen-bond acceptors (Lipinski definition) is 4. The van der Waals surface area contributed by atoms with Gasteiger partial charge in [0.1, 0.15) is 0 Å². The van der Waals surface area contributed by atoms with Crippen LogP contribution in [0, 0.1) is 0 Å². The van der Waals surface area contributed by atoms with Gasteiger partial charge in [-0.15, -0.1) is 0 Å². The van der Waals surface area contributed by atoms with Gasteiger partial charge in [-0.05, 0) is 17.2 Å². The van der Waals surface area contributed by atoms with Crippen molar-refractivity contribution in [3.63, 3.8) is 0 Å². The summed E-state index contributed by atoms with van der Waals surface area (Å²) in [5, 5.41) is 10.7. The van der Waals surface area contributed by atoms with E-state index in [4.69, 9.17) is 26.8 Å². The number of rotatable bonds is 6. The molecule has 0 bridgehead atoms. The van der Waals surface area contributed by atoms with Crippen molar-refractivity contribution in [2.24, 2.45) is 5.73 Å². The van der Waals surface area contributed by atoms with Gasteiger partial charge in [0.25, 0.3) is 0 Å². The normalized spacial score (nSPS) is 13.5. The van der Waals surface area contributed by atoms with Crippen LogP contribution < -0.4 is 15.2 Å². The molecule has 0 radical (unpaired) electrons. The van der Waals surface area contributed by atoms with E-state index in [1.807, 2.05) is 30.3 Å². The lowest BCUT2D eigenvalue weighted by Crippen LogP contribution is -2.28. The molecule has 5 heteroatoms. The van der Waals surface area contributed by atoms with Crippen LogP contribution in [0.5, 0.6) is 11.5 Å². The van der Waals surface area contributed by atoms with Gasteiger partial charge in [-0.1, -0.05) is 48.0 Å². The fourth-order valence-corrected chi connectivity index (χ4v) is 2.71. The highest BCUT2D eigenvalue weighted by atomic mass is 35.5. The Bertz CT molecular complexity index is 619. The zero-order valence-corrected chi connectivity index (χ0v) is 13.4. The van der Waals surface area contributed by atoms with E-state index in [1.165, 1.54) is 14.2 Å². The van der Waals surface area contributed by atoms with Crippen molar-refractivity contribution in [3.8, 4) is 11.5 Å². The number of benzene rings is 2. The molecule has 2 rings (SSSR count). The third-order valence-corrected chi connectivity index (χ3v) is 3.97. The Morgan fingerprint density at radius 3 is 2.36 bits per heavy atom. The Morgan fingerprint density at radius 2 is 1.77 bits per heavy atom. The minimum absolute atomic E-state index is 0.362. The Hall–Kier alpha value is -1.75. The zero-order chi connectivity index (χ0) is 16.1. The molecule has 0 fully saturated rings. The van der Waals surface area contributed by atoms with Crippen LogP contribution in [0.2, 0.25) is 5.02 Å². The number of nitrogens with two attached hydrogens (primary N) is 1. The van der Waals surface area contributed by atoms with Gasteiger partial charge in [0, 0.05) is 6.42 Å². The fraction of sp³-hybridized carbons (Fsp3) is 0.294. The van der Waals surface area contributed by atoms with Gasteiger partial charge in [-0.3, -0.25) is 0 Å². The van der Waals surface area contributed by atoms with Gasteiger partial charge in [0.2, 0.25) is 0 Å². The van der Waals surface area contributed by atoms with E-state index in [-0.39, 0.29) is 0 Å². The molecule has 0 saturated carbocycles. The molecule has 2 atom stereocenters. The minimum Gasteiger partial charge on any atom is -0.493 e. The molecular weight excluding hydrogens is 302 g/mol. The molecule has 0 spiro atoms. The molecule has 0 amide bonds. The molecule has 2 aromatic rings. The summed E-state index contributed by atoms with van der Waals surface area (Å²) in [6.45, 7) is 0. The Kier molecular flexibility index (Phi) is 5.66. The highest BCUT2D eigenvalue weighted by Gasteiger charge is 2.23. The summed E-state index contributed by atoms with van der Waals surface area (Å²) in [5.41, 5.74) is 7.81. The van der Waals surface area contributed by atoms with E-state index >= 15 is 0 Å². The molecule has 118 valence electrons. The monoisotopic (exact) mass is 321 g/mol. The summed E-state index contributed by atoms with van der Waals surface area (Å²) in [6.07, 6.45) is -0.301. The van der Waals surface area contributed by atoms with Gasteiger partial charge >= 0.3 is 0 Å². The van der Waals surface area contributed by atoms with Crippen molar-refractivity contribution >= 4 is 11.6 Å². The third-order valence-electron chi connectivity index (χ3n) is 3.58. The minimum atomic E-state index is -0.752. The fourth-order valence-electron chi connectivity index (χ4n) is 2.35. The van der Waals surface area contributed by atoms with Gasteiger partial charge < -0.3 is 20.3 Å². The molecule has 2 aromatic carbocycles. The van der Waals surface area contributed by atoms with Gasteiger partial charge in [0.05, 0.1) is 31.4 Å². The van der Waals surface area contributed by atoms with Crippen molar-refractivity contribution < 1.29 is 14.6 Å². The number of hydrogen-bond donors (Lipinski definition) is 2. The van der Waals surface area contributed by atoms with Crippen LogP contribution in [0.25, 0.3) is 0 Å². The van der Waals surface area contributed by atoms with E-state index in [1.54, 1.807) is 12.1 Å². The van der Waals surface area contributed by atoms with Crippen LogP contribution in [-0.2, 0) is 6.42 Å². The number of halogens is 1. The molecule has 0 aliphatic rings. The Labute approximate surface area is 135 Å². The maximum atomic E-state index is 10.4. The molecule has 0 aliphatic heterocycles. The van der Waals surface area contributed by atoms with Crippen LogP contribution in [0.15, 0.2) is 42.5 Å². The molecule has 4 nitrogen and oxygen atoms in total. The molecule has 0 aromatic heterocycles. The smallest absolute Gasteiger partial charge is 0.179 e. The van der Waals surface area contributed by atoms with E-state index in [0.717, 1.165) is 5.56 Å². The first-order valence-corrected chi connectivity index (χ1v) is 7.34. The first kappa shape index (κ1) is 16.6. The summed E-state index contributed by atoms with van der Waals surface area (Å²) in [7, 11) is 3.05. The van der Waals surface area contributed by atoms with Crippen LogP contribution in [0.3, 0.4) is 0 Å². The largest absolute Gasteiger partial charge is 0.493 e. The van der Waals surface area contributed by atoms with Crippen molar-refractivity contribution in [1.82, 2.24) is 0 Å². The molecule has 0 aliphatic carbocycles. The molecule has 22 heavy (non-hydrogen) atoms. The quantitative estimate of drug-likeness (QED) is 0.858. The first-order chi connectivity index (χ1) is 10.6. The lowest BCUT2D eigenvalue weighted by molar-refractivity contribution is 0.145. The van der Waals surface area contributed by atoms with Crippen molar-refractivity contribution in [2.75, 3.05) is 14.2 Å². The lowest BCUT2D eigenvalue weighted by atomic mass is 9.96. The molecular formula is C17H20ClNO3. The second kappa shape index (κ2) is 7.49. The van der Waals surface area contributed by atoms with E-state index in [9.17, 15) is 5.11 Å². The van der Waals surface area contributed by atoms with E-state index in [0.29, 0.717) is 28.5 Å². The molecule has 0 unspecified atom stereocenters. The number of aliphatic hydroxyl groups excluding tert-OH is 1. The highest BCUT2D eigenvalue weighted by molar-refractivity contribution is 6.33. The predicted octanol–water partition coefficient (Wildman–Crippen LogP) is 2.96. The van der Waals surface area contributed by atoms with Crippen molar-refractivity contribution in [1.29, 1.82) is 0 Å². The lowest BCUT2D eigenvalue weighted by Gasteiger charge is -2.22. The second-order valence-electron chi connectivity index (χ2n) is 4.99. The van der Waals surface area contributed by atoms with Gasteiger partial charge in [-0.2, -0.15) is 0 Å². The average Bonchev–Trinajstić information content (AvgIpc) is 2.54. The molecule has 3 N–H and O–H groups in total. The summed E-state index contributed by atoms with van der Waals surface area (Å²) in [5.74, 6) is 0.949. The Morgan fingerprint density at radius 1 is 1.09 bits per heavy atom. The SMILES string of the molecule is COc1ccc([C@@H](N)[C@@H](O)Cc2ccccc2)c(Cl)c1OC. The summed E-state index contributed by atoms with van der Waals surface area (Å²) in [4.78, 5) is 0. The Balaban J connectivity index is 2.23. The molecule has 0 heterocycles. The second-order valence-corrected chi connectivity index (χ2v) is 5.37. The topological polar surface area (TPSA) is 64.7 Å². The van der Waals surface area contributed by atoms with Crippen LogP contribution in [-0.4, -0.2) is 25.4 Å². The highest BCUT2D eigenvalue weighted by Crippen LogP contribution is 2.39. The van der Waals surface area contributed by atoms with E-state index in [2.05, 4.69) is 0 Å². The number of aliphatic hydroxyl groups is 1. The van der Waals surface area contributed by atoms with Crippen LogP contribution >= 0.6 is 11.6 Å². The predicted molar refractivity (Wildman–Crippen MR) is 87.6 cm³/mol. The summed E-state index contributed by atoms with van der Waals surface area (Å²) >= 11 is 6.34. The van der Waals surface area contributed by atoms with Crippen LogP contribution in [0.4, 0.5) is 0 Å². The summed E-state index contributed by atoms with van der Waals surface area (Å²) in [6, 6.07) is 12.6. The summed E-state index contributed by atoms with van der Waals surface area (Å²) < 4.78 is 10.5. The third kappa shape index (κ3) is 3.53.